The molecule has 1 saturated heterocycles. The summed E-state index contributed by atoms with van der Waals surface area (Å²) in [5.74, 6) is 0. The van der Waals surface area contributed by atoms with Gasteiger partial charge in [-0.05, 0) is 27.2 Å². The van der Waals surface area contributed by atoms with Crippen LogP contribution < -0.4 is 0 Å². The smallest absolute Gasteiger partial charge is 0.155 e. The minimum atomic E-state index is 0.195. The van der Waals surface area contributed by atoms with E-state index in [4.69, 9.17) is 4.84 Å². The molecule has 0 aliphatic carbocycles. The predicted molar refractivity (Wildman–Crippen MR) is 36.8 cm³/mol. The number of hydroxylamine groups is 2. The number of rotatable bonds is 1. The van der Waals surface area contributed by atoms with Gasteiger partial charge in [-0.3, -0.25) is 4.84 Å². The zero-order chi connectivity index (χ0) is 7.07. The standard InChI is InChI=1S/C7H15NO/c1-5-6-8(9-6)7(2,3)4/h6H,5H2,1-4H3. The molecule has 0 bridgehead atoms. The van der Waals surface area contributed by atoms with Gasteiger partial charge in [-0.15, -0.1) is 0 Å². The van der Waals surface area contributed by atoms with E-state index in [1.165, 1.54) is 0 Å². The van der Waals surface area contributed by atoms with Crippen LogP contribution in [0.1, 0.15) is 34.1 Å². The Morgan fingerprint density at radius 1 is 1.44 bits per heavy atom. The Bertz CT molecular complexity index is 106. The summed E-state index contributed by atoms with van der Waals surface area (Å²) in [5.41, 5.74) is 0.195. The minimum Gasteiger partial charge on any atom is -0.275 e. The molecule has 1 fully saturated rings. The predicted octanol–water partition coefficient (Wildman–Crippen LogP) is 1.77. The van der Waals surface area contributed by atoms with Crippen LogP contribution in [0.15, 0.2) is 0 Å². The molecule has 9 heavy (non-hydrogen) atoms. The SMILES string of the molecule is CCC1ON1C(C)(C)C. The highest BCUT2D eigenvalue weighted by atomic mass is 16.8. The summed E-state index contributed by atoms with van der Waals surface area (Å²) in [4.78, 5) is 5.26. The van der Waals surface area contributed by atoms with Gasteiger partial charge in [0.25, 0.3) is 0 Å². The topological polar surface area (TPSA) is 15.5 Å². The van der Waals surface area contributed by atoms with E-state index in [1.54, 1.807) is 0 Å². The van der Waals surface area contributed by atoms with Crippen molar-refractivity contribution in [2.75, 3.05) is 0 Å². The largest absolute Gasteiger partial charge is 0.275 e. The average molecular weight is 129 g/mol. The second kappa shape index (κ2) is 1.96. The number of nitrogens with zero attached hydrogens (tertiary/aromatic N) is 1. The lowest BCUT2D eigenvalue weighted by Crippen LogP contribution is -2.27. The van der Waals surface area contributed by atoms with E-state index in [0.717, 1.165) is 6.42 Å². The van der Waals surface area contributed by atoms with Crippen LogP contribution in [0, 0.1) is 0 Å². The van der Waals surface area contributed by atoms with Crippen molar-refractivity contribution in [2.24, 2.45) is 0 Å². The molecule has 2 heteroatoms. The second-order valence-corrected chi connectivity index (χ2v) is 3.46. The molecular weight excluding hydrogens is 114 g/mol. The summed E-state index contributed by atoms with van der Waals surface area (Å²) in [5, 5.41) is 2.03. The molecule has 0 amide bonds. The number of hydrogen-bond acceptors (Lipinski definition) is 2. The molecule has 2 unspecified atom stereocenters. The molecule has 1 aliphatic heterocycles. The quantitative estimate of drug-likeness (QED) is 0.501. The molecule has 1 heterocycles. The molecule has 0 aromatic carbocycles. The van der Waals surface area contributed by atoms with Crippen LogP contribution in [-0.4, -0.2) is 16.8 Å². The van der Waals surface area contributed by atoms with Gasteiger partial charge in [-0.1, -0.05) is 6.92 Å². The van der Waals surface area contributed by atoms with Gasteiger partial charge in [0.15, 0.2) is 6.23 Å². The molecule has 2 nitrogen and oxygen atoms in total. The average Bonchev–Trinajstić information content (AvgIpc) is 2.39. The van der Waals surface area contributed by atoms with Crippen molar-refractivity contribution in [3.05, 3.63) is 0 Å². The molecule has 1 aliphatic rings. The Morgan fingerprint density at radius 2 is 2.00 bits per heavy atom. The summed E-state index contributed by atoms with van der Waals surface area (Å²) in [7, 11) is 0. The maximum Gasteiger partial charge on any atom is 0.155 e. The van der Waals surface area contributed by atoms with E-state index in [9.17, 15) is 0 Å². The molecule has 2 atom stereocenters. The van der Waals surface area contributed by atoms with Crippen molar-refractivity contribution < 1.29 is 4.84 Å². The van der Waals surface area contributed by atoms with Crippen molar-refractivity contribution in [1.29, 1.82) is 0 Å². The maximum atomic E-state index is 5.26. The fraction of sp³-hybridized carbons (Fsp3) is 1.00. The third-order valence-electron chi connectivity index (χ3n) is 1.46. The van der Waals surface area contributed by atoms with E-state index in [-0.39, 0.29) is 5.54 Å². The first kappa shape index (κ1) is 7.03. The maximum absolute atomic E-state index is 5.26. The van der Waals surface area contributed by atoms with Gasteiger partial charge in [0, 0.05) is 5.54 Å². The van der Waals surface area contributed by atoms with Crippen molar-refractivity contribution in [1.82, 2.24) is 5.06 Å². The normalized spacial score (nSPS) is 34.7. The highest BCUT2D eigenvalue weighted by molar-refractivity contribution is 4.79. The fourth-order valence-corrected chi connectivity index (χ4v) is 0.934. The first-order valence-corrected chi connectivity index (χ1v) is 3.52. The molecule has 0 spiro atoms. The molecule has 0 N–H and O–H groups in total. The molecule has 54 valence electrons. The molecule has 1 rings (SSSR count). The first-order chi connectivity index (χ1) is 4.05. The summed E-state index contributed by atoms with van der Waals surface area (Å²) < 4.78 is 0. The highest BCUT2D eigenvalue weighted by Gasteiger charge is 2.42. The van der Waals surface area contributed by atoms with Gasteiger partial charge < -0.3 is 0 Å². The third kappa shape index (κ3) is 1.43. The minimum absolute atomic E-state index is 0.195. The van der Waals surface area contributed by atoms with Crippen LogP contribution in [0.3, 0.4) is 0 Å². The zero-order valence-corrected chi connectivity index (χ0v) is 6.64. The third-order valence-corrected chi connectivity index (χ3v) is 1.46. The Balaban J connectivity index is 2.33. The van der Waals surface area contributed by atoms with Gasteiger partial charge in [0.1, 0.15) is 0 Å². The van der Waals surface area contributed by atoms with Gasteiger partial charge in [0.05, 0.1) is 0 Å². The van der Waals surface area contributed by atoms with E-state index in [0.29, 0.717) is 6.23 Å². The molecule has 0 aromatic rings. The molecule has 0 aromatic heterocycles. The molecule has 0 saturated carbocycles. The van der Waals surface area contributed by atoms with Gasteiger partial charge in [-0.2, -0.15) is 5.06 Å². The number of hydrogen-bond donors (Lipinski definition) is 0. The Kier molecular flexibility index (Phi) is 1.53. The lowest BCUT2D eigenvalue weighted by Gasteiger charge is -2.16. The van der Waals surface area contributed by atoms with E-state index >= 15 is 0 Å². The monoisotopic (exact) mass is 129 g/mol. The van der Waals surface area contributed by atoms with Gasteiger partial charge in [0.2, 0.25) is 0 Å². The van der Waals surface area contributed by atoms with Crippen molar-refractivity contribution in [3.8, 4) is 0 Å². The first-order valence-electron chi connectivity index (χ1n) is 3.52. The lowest BCUT2D eigenvalue weighted by atomic mass is 10.1. The second-order valence-electron chi connectivity index (χ2n) is 3.46. The van der Waals surface area contributed by atoms with E-state index in [1.807, 2.05) is 5.06 Å². The van der Waals surface area contributed by atoms with Crippen LogP contribution in [-0.2, 0) is 4.84 Å². The Morgan fingerprint density at radius 3 is 2.11 bits per heavy atom. The summed E-state index contributed by atoms with van der Waals surface area (Å²) in [6, 6.07) is 0. The van der Waals surface area contributed by atoms with Gasteiger partial charge in [-0.25, -0.2) is 0 Å². The van der Waals surface area contributed by atoms with E-state index in [2.05, 4.69) is 27.7 Å². The van der Waals surface area contributed by atoms with Crippen molar-refractivity contribution >= 4 is 0 Å². The summed E-state index contributed by atoms with van der Waals surface area (Å²) in [6.45, 7) is 8.60. The van der Waals surface area contributed by atoms with Gasteiger partial charge >= 0.3 is 0 Å². The van der Waals surface area contributed by atoms with Crippen LogP contribution in [0.4, 0.5) is 0 Å². The Labute approximate surface area is 56.8 Å². The fourth-order valence-electron chi connectivity index (χ4n) is 0.934. The van der Waals surface area contributed by atoms with E-state index < -0.39 is 0 Å². The van der Waals surface area contributed by atoms with Crippen LogP contribution >= 0.6 is 0 Å². The highest BCUT2D eigenvalue weighted by Crippen LogP contribution is 2.32. The lowest BCUT2D eigenvalue weighted by molar-refractivity contribution is 0.101. The molecular formula is C7H15NO. The van der Waals surface area contributed by atoms with Crippen LogP contribution in [0.2, 0.25) is 0 Å². The zero-order valence-electron chi connectivity index (χ0n) is 6.64. The van der Waals surface area contributed by atoms with Crippen LogP contribution in [0.5, 0.6) is 0 Å². The summed E-state index contributed by atoms with van der Waals surface area (Å²) in [6.07, 6.45) is 1.49. The van der Waals surface area contributed by atoms with Crippen molar-refractivity contribution in [3.63, 3.8) is 0 Å². The Hall–Kier alpha value is -0.0800. The van der Waals surface area contributed by atoms with Crippen LogP contribution in [0.25, 0.3) is 0 Å². The summed E-state index contributed by atoms with van der Waals surface area (Å²) >= 11 is 0. The van der Waals surface area contributed by atoms with Crippen molar-refractivity contribution in [2.45, 2.75) is 45.9 Å². The molecule has 0 radical (unpaired) electrons.